The molecule has 2 aromatic rings. The number of fused-ring (bicyclic) bond motifs is 1. The molecule has 1 aromatic carbocycles. The largest absolute Gasteiger partial charge is 0.466 e. The van der Waals surface area contributed by atoms with Crippen molar-refractivity contribution in [2.24, 2.45) is 7.05 Å². The fourth-order valence-corrected chi connectivity index (χ4v) is 3.36. The Labute approximate surface area is 176 Å². The van der Waals surface area contributed by atoms with Crippen LogP contribution in [0.5, 0.6) is 0 Å². The first-order valence-corrected chi connectivity index (χ1v) is 9.89. The smallest absolute Gasteiger partial charge is 0.331 e. The van der Waals surface area contributed by atoms with Crippen LogP contribution in [0.4, 0.5) is 0 Å². The molecule has 1 aliphatic rings. The van der Waals surface area contributed by atoms with Crippen LogP contribution < -0.4 is 0 Å². The van der Waals surface area contributed by atoms with Crippen LogP contribution in [0.25, 0.3) is 6.08 Å². The van der Waals surface area contributed by atoms with E-state index in [1.807, 2.05) is 54.2 Å². The van der Waals surface area contributed by atoms with Crippen LogP contribution in [-0.4, -0.2) is 34.7 Å². The van der Waals surface area contributed by atoms with Crippen molar-refractivity contribution in [1.82, 2.24) is 9.55 Å². The van der Waals surface area contributed by atoms with Crippen LogP contribution in [-0.2, 0) is 39.0 Å². The second-order valence-corrected chi connectivity index (χ2v) is 7.24. The summed E-state index contributed by atoms with van der Waals surface area (Å²) in [5.74, 6) is -0.737. The Morgan fingerprint density at radius 1 is 1.17 bits per heavy atom. The summed E-state index contributed by atoms with van der Waals surface area (Å²) in [6.45, 7) is 0. The second kappa shape index (κ2) is 10.4. The lowest BCUT2D eigenvalue weighted by Gasteiger charge is -2.19. The third-order valence-corrected chi connectivity index (χ3v) is 4.85. The molecule has 0 bridgehead atoms. The fraction of sp³-hybridized carbons (Fsp3) is 0.292. The average molecular weight is 406 g/mol. The molecule has 6 heteroatoms. The van der Waals surface area contributed by atoms with Gasteiger partial charge in [0.2, 0.25) is 0 Å². The van der Waals surface area contributed by atoms with Crippen LogP contribution in [0, 0.1) is 0 Å². The Hall–Kier alpha value is -3.41. The fourth-order valence-electron chi connectivity index (χ4n) is 3.36. The molecule has 1 aliphatic carbocycles. The van der Waals surface area contributed by atoms with E-state index in [1.54, 1.807) is 18.5 Å². The van der Waals surface area contributed by atoms with Crippen LogP contribution in [0.1, 0.15) is 29.7 Å². The van der Waals surface area contributed by atoms with Crippen molar-refractivity contribution in [1.29, 1.82) is 0 Å². The third-order valence-electron chi connectivity index (χ3n) is 4.85. The lowest BCUT2D eigenvalue weighted by Crippen LogP contribution is -2.20. The van der Waals surface area contributed by atoms with E-state index in [4.69, 9.17) is 9.47 Å². The molecule has 0 saturated carbocycles. The second-order valence-electron chi connectivity index (χ2n) is 7.24. The van der Waals surface area contributed by atoms with Crippen molar-refractivity contribution in [2.75, 3.05) is 7.11 Å². The van der Waals surface area contributed by atoms with Gasteiger partial charge in [0, 0.05) is 38.2 Å². The maximum Gasteiger partial charge on any atom is 0.331 e. The molecule has 156 valence electrons. The number of esters is 2. The topological polar surface area (TPSA) is 70.4 Å². The van der Waals surface area contributed by atoms with Gasteiger partial charge >= 0.3 is 11.9 Å². The van der Waals surface area contributed by atoms with Crippen molar-refractivity contribution >= 4 is 18.0 Å². The molecule has 1 unspecified atom stereocenters. The minimum atomic E-state index is -0.389. The van der Waals surface area contributed by atoms with Crippen LogP contribution in [0.3, 0.4) is 0 Å². The van der Waals surface area contributed by atoms with Crippen LogP contribution >= 0.6 is 0 Å². The number of aromatic nitrogens is 2. The number of carbonyl (C=O) groups excluding carboxylic acids is 2. The summed E-state index contributed by atoms with van der Waals surface area (Å²) < 4.78 is 12.3. The number of ether oxygens (including phenoxy) is 2. The minimum Gasteiger partial charge on any atom is -0.466 e. The third kappa shape index (κ3) is 6.30. The molecule has 1 aromatic heterocycles. The molecular weight excluding hydrogens is 380 g/mol. The van der Waals surface area contributed by atoms with Gasteiger partial charge in [-0.1, -0.05) is 42.0 Å². The van der Waals surface area contributed by atoms with Gasteiger partial charge in [-0.25, -0.2) is 14.6 Å². The van der Waals surface area contributed by atoms with E-state index in [2.05, 4.69) is 4.98 Å². The van der Waals surface area contributed by atoms with E-state index in [0.29, 0.717) is 31.4 Å². The number of allylic oxidation sites excluding steroid dienone is 2. The Morgan fingerprint density at radius 3 is 2.70 bits per heavy atom. The summed E-state index contributed by atoms with van der Waals surface area (Å²) in [4.78, 5) is 28.2. The number of carbonyl (C=O) groups is 2. The summed E-state index contributed by atoms with van der Waals surface area (Å²) >= 11 is 0. The van der Waals surface area contributed by atoms with Gasteiger partial charge in [-0.15, -0.1) is 0 Å². The number of benzene rings is 1. The first-order valence-electron chi connectivity index (χ1n) is 9.89. The molecule has 1 heterocycles. The molecule has 30 heavy (non-hydrogen) atoms. The molecule has 0 N–H and O–H groups in total. The highest BCUT2D eigenvalue weighted by Crippen LogP contribution is 2.22. The maximum atomic E-state index is 12.3. The standard InChI is InChI=1S/C24H26N2O4/c1-26-16-21(25-17-26)11-12-23(27)30-22-10-6-3-7-18(14-24(28)29-2)13-19-8-4-5-9-20(19)15-22/h3-6,8-9,11-12,14,16-17,22H,7,10,13,15H2,1-2H3/b6-3-,12-11+,18-14?. The molecule has 6 nitrogen and oxygen atoms in total. The molecule has 0 saturated heterocycles. The van der Waals surface area contributed by atoms with E-state index in [-0.39, 0.29) is 18.0 Å². The number of hydrogen-bond acceptors (Lipinski definition) is 5. The predicted octanol–water partition coefficient (Wildman–Crippen LogP) is 3.58. The van der Waals surface area contributed by atoms with Gasteiger partial charge in [-0.3, -0.25) is 0 Å². The quantitative estimate of drug-likeness (QED) is 0.441. The van der Waals surface area contributed by atoms with E-state index >= 15 is 0 Å². The number of nitrogens with zero attached hydrogens (tertiary/aromatic N) is 2. The maximum absolute atomic E-state index is 12.3. The molecule has 1 atom stereocenters. The molecule has 0 fully saturated rings. The lowest BCUT2D eigenvalue weighted by atomic mass is 9.92. The summed E-state index contributed by atoms with van der Waals surface area (Å²) in [5.41, 5.74) is 3.91. The molecule has 0 radical (unpaired) electrons. The number of aryl methyl sites for hydroxylation is 1. The molecular formula is C24H26N2O4. The zero-order chi connectivity index (χ0) is 21.3. The Balaban J connectivity index is 1.74. The van der Waals surface area contributed by atoms with E-state index in [9.17, 15) is 9.59 Å². The van der Waals surface area contributed by atoms with Gasteiger partial charge in [0.25, 0.3) is 0 Å². The SMILES string of the molecule is COC(=O)C=C1C/C=C\CC(OC(=O)/C=C/c2cn(C)cn2)Cc2ccccc2C1. The zero-order valence-corrected chi connectivity index (χ0v) is 17.3. The molecule has 0 amide bonds. The van der Waals surface area contributed by atoms with Gasteiger partial charge in [0.15, 0.2) is 0 Å². The first-order chi connectivity index (χ1) is 14.5. The van der Waals surface area contributed by atoms with E-state index < -0.39 is 0 Å². The zero-order valence-electron chi connectivity index (χ0n) is 17.3. The van der Waals surface area contributed by atoms with Gasteiger partial charge < -0.3 is 14.0 Å². The summed E-state index contributed by atoms with van der Waals surface area (Å²) in [6, 6.07) is 8.05. The Kier molecular flexibility index (Phi) is 7.38. The molecule has 0 aliphatic heterocycles. The first kappa shape index (κ1) is 21.3. The number of imidazole rings is 1. The monoisotopic (exact) mass is 406 g/mol. The number of methoxy groups -OCH3 is 1. The number of hydrogen-bond donors (Lipinski definition) is 0. The van der Waals surface area contributed by atoms with E-state index in [1.165, 1.54) is 13.2 Å². The van der Waals surface area contributed by atoms with Crippen molar-refractivity contribution in [3.05, 3.63) is 83.5 Å². The van der Waals surface area contributed by atoms with Crippen molar-refractivity contribution in [3.63, 3.8) is 0 Å². The van der Waals surface area contributed by atoms with Gasteiger partial charge in [-0.2, -0.15) is 0 Å². The lowest BCUT2D eigenvalue weighted by molar-refractivity contribution is -0.142. The predicted molar refractivity (Wildman–Crippen MR) is 114 cm³/mol. The van der Waals surface area contributed by atoms with Gasteiger partial charge in [-0.05, 0) is 30.0 Å². The average Bonchev–Trinajstić information content (AvgIpc) is 3.15. The highest BCUT2D eigenvalue weighted by molar-refractivity contribution is 5.86. The van der Waals surface area contributed by atoms with Crippen molar-refractivity contribution in [2.45, 2.75) is 31.8 Å². The summed E-state index contributed by atoms with van der Waals surface area (Å²) in [5, 5.41) is 0. The summed E-state index contributed by atoms with van der Waals surface area (Å²) in [7, 11) is 3.25. The number of rotatable bonds is 4. The van der Waals surface area contributed by atoms with E-state index in [0.717, 1.165) is 16.7 Å². The molecule has 0 spiro atoms. The van der Waals surface area contributed by atoms with Crippen LogP contribution in [0.2, 0.25) is 0 Å². The Morgan fingerprint density at radius 2 is 1.97 bits per heavy atom. The normalized spacial score (nSPS) is 19.3. The summed E-state index contributed by atoms with van der Waals surface area (Å²) in [6.07, 6.45) is 14.4. The van der Waals surface area contributed by atoms with Crippen LogP contribution in [0.15, 0.2) is 66.7 Å². The van der Waals surface area contributed by atoms with Crippen molar-refractivity contribution in [3.8, 4) is 0 Å². The highest BCUT2D eigenvalue weighted by Gasteiger charge is 2.17. The Bertz CT molecular complexity index is 985. The van der Waals surface area contributed by atoms with Crippen molar-refractivity contribution < 1.29 is 19.1 Å². The minimum absolute atomic E-state index is 0.269. The highest BCUT2D eigenvalue weighted by atomic mass is 16.5. The van der Waals surface area contributed by atoms with Gasteiger partial charge in [0.05, 0.1) is 19.1 Å². The molecule has 3 rings (SSSR count). The van der Waals surface area contributed by atoms with Gasteiger partial charge in [0.1, 0.15) is 6.10 Å².